The molecule has 2 aromatic heterocycles. The van der Waals surface area contributed by atoms with Gasteiger partial charge in [0.2, 0.25) is 16.0 Å². The maximum atomic E-state index is 12.6. The van der Waals surface area contributed by atoms with Crippen molar-refractivity contribution in [3.05, 3.63) is 22.1 Å². The normalized spacial score (nSPS) is 23.4. The predicted octanol–water partition coefficient (Wildman–Crippen LogP) is 2.16. The van der Waals surface area contributed by atoms with Crippen LogP contribution in [0.1, 0.15) is 45.2 Å². The van der Waals surface area contributed by atoms with E-state index in [0.29, 0.717) is 10.7 Å². The third kappa shape index (κ3) is 5.44. The number of amides is 1. The molecule has 0 bridgehead atoms. The lowest BCUT2D eigenvalue weighted by Crippen LogP contribution is -2.42. The van der Waals surface area contributed by atoms with Crippen LogP contribution in [0.5, 0.6) is 0 Å². The first-order chi connectivity index (χ1) is 14.9. The maximum absolute atomic E-state index is 12.6. The number of nitrogens with one attached hydrogen (secondary N) is 1. The van der Waals surface area contributed by atoms with Crippen LogP contribution in [0.2, 0.25) is 0 Å². The first-order valence-corrected chi connectivity index (χ1v) is 12.3. The summed E-state index contributed by atoms with van der Waals surface area (Å²) in [4.78, 5) is 34.4. The van der Waals surface area contributed by atoms with Crippen molar-refractivity contribution in [1.82, 2.24) is 24.8 Å². The average Bonchev–Trinajstić information content (AvgIpc) is 3.15. The number of hydrogen-bond acceptors (Lipinski definition) is 7. The van der Waals surface area contributed by atoms with E-state index in [9.17, 15) is 9.59 Å². The highest BCUT2D eigenvalue weighted by Crippen LogP contribution is 2.27. The highest BCUT2D eigenvalue weighted by molar-refractivity contribution is 7.20. The summed E-state index contributed by atoms with van der Waals surface area (Å²) >= 11 is 1.43. The lowest BCUT2D eigenvalue weighted by atomic mass is 9.92. The van der Waals surface area contributed by atoms with Crippen LogP contribution < -0.4 is 15.8 Å². The molecule has 0 saturated carbocycles. The Labute approximate surface area is 187 Å². The molecule has 0 spiro atoms. The number of likely N-dealkylation sites (tertiary alicyclic amines) is 1. The van der Waals surface area contributed by atoms with Gasteiger partial charge in [0.05, 0.1) is 0 Å². The van der Waals surface area contributed by atoms with Crippen LogP contribution in [0.3, 0.4) is 0 Å². The summed E-state index contributed by atoms with van der Waals surface area (Å²) in [7, 11) is 0. The molecule has 4 rings (SSSR count). The fraction of sp³-hybridized carbons (Fsp3) is 0.727. The Bertz CT molecular complexity index is 955. The maximum Gasteiger partial charge on any atom is 0.275 e. The van der Waals surface area contributed by atoms with E-state index < -0.39 is 0 Å². The number of hydrogen-bond donors (Lipinski definition) is 1. The number of piperidine rings is 2. The third-order valence-electron chi connectivity index (χ3n) is 6.39. The van der Waals surface area contributed by atoms with Gasteiger partial charge in [0.1, 0.15) is 0 Å². The molecule has 2 aliphatic rings. The molecule has 170 valence electrons. The highest BCUT2D eigenvalue weighted by Gasteiger charge is 2.27. The zero-order valence-corrected chi connectivity index (χ0v) is 19.7. The van der Waals surface area contributed by atoms with Crippen LogP contribution in [0.25, 0.3) is 4.96 Å². The van der Waals surface area contributed by atoms with Gasteiger partial charge in [-0.1, -0.05) is 25.2 Å². The number of aromatic nitrogens is 3. The van der Waals surface area contributed by atoms with Crippen molar-refractivity contribution in [3.63, 3.8) is 0 Å². The lowest BCUT2D eigenvalue weighted by molar-refractivity contribution is -0.125. The number of aryl methyl sites for hydroxylation is 1. The molecule has 9 heteroatoms. The molecule has 31 heavy (non-hydrogen) atoms. The smallest absolute Gasteiger partial charge is 0.275 e. The molecule has 0 aliphatic carbocycles. The highest BCUT2D eigenvalue weighted by atomic mass is 32.1. The van der Waals surface area contributed by atoms with Crippen molar-refractivity contribution in [1.29, 1.82) is 0 Å². The van der Waals surface area contributed by atoms with E-state index in [1.165, 1.54) is 41.4 Å². The molecule has 2 aliphatic heterocycles. The summed E-state index contributed by atoms with van der Waals surface area (Å²) in [5.74, 6) is 1.79. The second kappa shape index (κ2) is 9.65. The molecule has 0 aromatic carbocycles. The minimum atomic E-state index is -0.146. The zero-order chi connectivity index (χ0) is 22.0. The van der Waals surface area contributed by atoms with Gasteiger partial charge in [-0.3, -0.25) is 9.59 Å². The minimum Gasteiger partial charge on any atom is -0.356 e. The minimum absolute atomic E-state index is 0.0590. The quantitative estimate of drug-likeness (QED) is 0.685. The average molecular weight is 447 g/mol. The molecular weight excluding hydrogens is 412 g/mol. The van der Waals surface area contributed by atoms with Crippen LogP contribution in [0.15, 0.2) is 10.9 Å². The van der Waals surface area contributed by atoms with E-state index in [2.05, 4.69) is 39.0 Å². The van der Waals surface area contributed by atoms with Crippen LogP contribution in [-0.2, 0) is 4.79 Å². The van der Waals surface area contributed by atoms with Crippen molar-refractivity contribution in [2.24, 2.45) is 17.8 Å². The van der Waals surface area contributed by atoms with Gasteiger partial charge < -0.3 is 15.1 Å². The number of fused-ring (bicyclic) bond motifs is 1. The van der Waals surface area contributed by atoms with Crippen molar-refractivity contribution < 1.29 is 4.79 Å². The van der Waals surface area contributed by atoms with Gasteiger partial charge >= 0.3 is 0 Å². The molecular formula is C22H34N6O2S. The lowest BCUT2D eigenvalue weighted by Gasteiger charge is -2.35. The standard InChI is InChI=1S/C22H34N6O2S/c1-15-11-16(2)14-26(13-15)8-4-7-23-20(30)18-5-9-27(10-6-18)22-25-28-19(29)12-17(3)24-21(28)31-22/h12,15-16,18H,4-11,13-14H2,1-3H3,(H,23,30)/t15-,16-/m1/s1. The Morgan fingerprint density at radius 1 is 1.23 bits per heavy atom. The molecule has 2 saturated heterocycles. The van der Waals surface area contributed by atoms with Gasteiger partial charge in [-0.05, 0) is 51.0 Å². The van der Waals surface area contributed by atoms with Crippen LogP contribution in [-0.4, -0.2) is 64.7 Å². The fourth-order valence-corrected chi connectivity index (χ4v) is 6.01. The number of carbonyl (C=O) groups is 1. The first kappa shape index (κ1) is 22.2. The van der Waals surface area contributed by atoms with Gasteiger partial charge in [0.15, 0.2) is 0 Å². The van der Waals surface area contributed by atoms with Crippen molar-refractivity contribution >= 4 is 27.3 Å². The van der Waals surface area contributed by atoms with E-state index in [1.54, 1.807) is 0 Å². The molecule has 1 N–H and O–H groups in total. The van der Waals surface area contributed by atoms with Gasteiger partial charge in [-0.15, -0.1) is 5.10 Å². The molecule has 4 heterocycles. The Balaban J connectivity index is 1.21. The number of nitrogens with zero attached hydrogens (tertiary/aromatic N) is 5. The SMILES string of the molecule is Cc1cc(=O)n2nc(N3CCC(C(=O)NCCCN4C[C@H](C)C[C@@H](C)C4)CC3)sc2n1. The Morgan fingerprint density at radius 3 is 2.65 bits per heavy atom. The summed E-state index contributed by atoms with van der Waals surface area (Å²) < 4.78 is 1.37. The molecule has 2 aromatic rings. The summed E-state index contributed by atoms with van der Waals surface area (Å²) in [5.41, 5.74) is 0.563. The van der Waals surface area contributed by atoms with E-state index in [1.807, 2.05) is 6.92 Å². The molecule has 2 atom stereocenters. The first-order valence-electron chi connectivity index (χ1n) is 11.5. The van der Waals surface area contributed by atoms with Crippen molar-refractivity contribution in [2.75, 3.05) is 44.2 Å². The van der Waals surface area contributed by atoms with E-state index in [4.69, 9.17) is 0 Å². The van der Waals surface area contributed by atoms with E-state index in [0.717, 1.165) is 62.4 Å². The monoisotopic (exact) mass is 446 g/mol. The summed E-state index contributed by atoms with van der Waals surface area (Å²) in [5, 5.41) is 8.40. The van der Waals surface area contributed by atoms with Crippen molar-refractivity contribution in [3.8, 4) is 0 Å². The topological polar surface area (TPSA) is 82.8 Å². The summed E-state index contributed by atoms with van der Waals surface area (Å²) in [6, 6.07) is 1.50. The second-order valence-electron chi connectivity index (χ2n) is 9.43. The van der Waals surface area contributed by atoms with Gasteiger partial charge in [0, 0.05) is 50.4 Å². The summed E-state index contributed by atoms with van der Waals surface area (Å²) in [6.07, 6.45) is 3.96. The van der Waals surface area contributed by atoms with Gasteiger partial charge in [-0.2, -0.15) is 4.52 Å². The van der Waals surface area contributed by atoms with Crippen molar-refractivity contribution in [2.45, 2.75) is 46.5 Å². The summed E-state index contributed by atoms with van der Waals surface area (Å²) in [6.45, 7) is 12.2. The second-order valence-corrected chi connectivity index (χ2v) is 10.4. The Morgan fingerprint density at radius 2 is 1.94 bits per heavy atom. The van der Waals surface area contributed by atoms with Crippen LogP contribution in [0, 0.1) is 24.7 Å². The Hall–Kier alpha value is -2.00. The fourth-order valence-electron chi connectivity index (χ4n) is 5.00. The third-order valence-corrected chi connectivity index (χ3v) is 7.36. The Kier molecular flexibility index (Phi) is 6.91. The number of rotatable bonds is 6. The largest absolute Gasteiger partial charge is 0.356 e. The van der Waals surface area contributed by atoms with Gasteiger partial charge in [0.25, 0.3) is 5.56 Å². The molecule has 8 nitrogen and oxygen atoms in total. The zero-order valence-electron chi connectivity index (χ0n) is 18.8. The van der Waals surface area contributed by atoms with Gasteiger partial charge in [-0.25, -0.2) is 4.98 Å². The van der Waals surface area contributed by atoms with Crippen LogP contribution >= 0.6 is 11.3 Å². The molecule has 0 unspecified atom stereocenters. The molecule has 1 amide bonds. The van der Waals surface area contributed by atoms with E-state index >= 15 is 0 Å². The van der Waals surface area contributed by atoms with Crippen LogP contribution in [0.4, 0.5) is 5.13 Å². The number of anilines is 1. The molecule has 0 radical (unpaired) electrons. The predicted molar refractivity (Wildman–Crippen MR) is 124 cm³/mol. The molecule has 2 fully saturated rings. The van der Waals surface area contributed by atoms with E-state index in [-0.39, 0.29) is 17.4 Å². The number of carbonyl (C=O) groups excluding carboxylic acids is 1.